The van der Waals surface area contributed by atoms with Gasteiger partial charge in [-0.1, -0.05) is 12.2 Å². The van der Waals surface area contributed by atoms with Gasteiger partial charge in [-0.25, -0.2) is 0 Å². The Bertz CT molecular complexity index is 76.2. The fraction of sp³-hybridized carbons (Fsp3) is 0.667. The van der Waals surface area contributed by atoms with Gasteiger partial charge in [0.05, 0.1) is 0 Å². The number of hydrogen-bond acceptors (Lipinski definition) is 1. The van der Waals surface area contributed by atoms with Crippen molar-refractivity contribution in [3.63, 3.8) is 0 Å². The van der Waals surface area contributed by atoms with E-state index in [-0.39, 0.29) is 0 Å². The topological polar surface area (TPSA) is 26.0 Å². The van der Waals surface area contributed by atoms with Crippen LogP contribution in [0.3, 0.4) is 0 Å². The van der Waals surface area contributed by atoms with Crippen molar-refractivity contribution >= 4 is 0 Å². The third-order valence-corrected chi connectivity index (χ3v) is 1.29. The van der Waals surface area contributed by atoms with E-state index in [0.29, 0.717) is 6.04 Å². The lowest BCUT2D eigenvalue weighted by Crippen LogP contribution is -2.17. The van der Waals surface area contributed by atoms with Crippen LogP contribution in [0.1, 0.15) is 19.3 Å². The minimum absolute atomic E-state index is 0.355. The lowest BCUT2D eigenvalue weighted by Gasteiger charge is -2.08. The summed E-state index contributed by atoms with van der Waals surface area (Å²) in [4.78, 5) is 0. The Hall–Kier alpha value is -0.300. The monoisotopic (exact) mass is 97.1 g/mol. The van der Waals surface area contributed by atoms with Gasteiger partial charge in [0, 0.05) is 6.04 Å². The zero-order chi connectivity index (χ0) is 5.11. The molecule has 1 aliphatic carbocycles. The van der Waals surface area contributed by atoms with E-state index in [2.05, 4.69) is 12.2 Å². The Morgan fingerprint density at radius 1 is 1.57 bits per heavy atom. The van der Waals surface area contributed by atoms with Gasteiger partial charge in [0.15, 0.2) is 0 Å². The molecule has 0 aromatic heterocycles. The van der Waals surface area contributed by atoms with Gasteiger partial charge in [-0.2, -0.15) is 0 Å². The molecule has 0 saturated heterocycles. The van der Waals surface area contributed by atoms with Crippen molar-refractivity contribution in [2.24, 2.45) is 5.73 Å². The quantitative estimate of drug-likeness (QED) is 0.449. The zero-order valence-electron chi connectivity index (χ0n) is 4.43. The maximum absolute atomic E-state index is 5.55. The summed E-state index contributed by atoms with van der Waals surface area (Å²) >= 11 is 0. The standard InChI is InChI=1S/C6H11N/c7-6-4-2-1-3-5-6/h2,4,6H,1,3,5,7H2. The molecule has 0 aromatic rings. The average Bonchev–Trinajstić information content (AvgIpc) is 1.69. The highest BCUT2D eigenvalue weighted by Gasteiger charge is 1.99. The molecule has 1 heteroatoms. The van der Waals surface area contributed by atoms with Crippen LogP contribution < -0.4 is 5.73 Å². The predicted molar refractivity (Wildman–Crippen MR) is 31.0 cm³/mol. The predicted octanol–water partition coefficient (Wildman–Crippen LogP) is 1.05. The molecule has 0 aliphatic heterocycles. The molecule has 0 amide bonds. The second-order valence-corrected chi connectivity index (χ2v) is 2.02. The van der Waals surface area contributed by atoms with E-state index in [1.54, 1.807) is 0 Å². The number of hydrogen-bond donors (Lipinski definition) is 1. The van der Waals surface area contributed by atoms with E-state index in [0.717, 1.165) is 0 Å². The minimum Gasteiger partial charge on any atom is -0.324 e. The fourth-order valence-electron chi connectivity index (χ4n) is 0.839. The average molecular weight is 97.2 g/mol. The van der Waals surface area contributed by atoms with Crippen LogP contribution in [0.4, 0.5) is 0 Å². The smallest absolute Gasteiger partial charge is 0.0223 e. The summed E-state index contributed by atoms with van der Waals surface area (Å²) < 4.78 is 0. The summed E-state index contributed by atoms with van der Waals surface area (Å²) in [6, 6.07) is 0.355. The summed E-state index contributed by atoms with van der Waals surface area (Å²) in [7, 11) is 0. The van der Waals surface area contributed by atoms with E-state index in [1.807, 2.05) is 0 Å². The maximum atomic E-state index is 5.55. The lowest BCUT2D eigenvalue weighted by atomic mass is 10.0. The molecule has 0 heterocycles. The zero-order valence-corrected chi connectivity index (χ0v) is 4.43. The first kappa shape index (κ1) is 4.85. The number of nitrogens with two attached hydrogens (primary N) is 1. The van der Waals surface area contributed by atoms with Gasteiger partial charge in [-0.15, -0.1) is 0 Å². The molecule has 1 nitrogen and oxygen atoms in total. The fourth-order valence-corrected chi connectivity index (χ4v) is 0.839. The first-order chi connectivity index (χ1) is 3.39. The highest BCUT2D eigenvalue weighted by Crippen LogP contribution is 2.06. The van der Waals surface area contributed by atoms with E-state index in [4.69, 9.17) is 5.73 Å². The van der Waals surface area contributed by atoms with E-state index < -0.39 is 0 Å². The molecular formula is C6H11N. The first-order valence-corrected chi connectivity index (χ1v) is 2.82. The molecule has 0 spiro atoms. The van der Waals surface area contributed by atoms with Crippen molar-refractivity contribution in [3.8, 4) is 0 Å². The number of rotatable bonds is 0. The highest BCUT2D eigenvalue weighted by molar-refractivity contribution is 4.95. The van der Waals surface area contributed by atoms with E-state index in [9.17, 15) is 0 Å². The summed E-state index contributed by atoms with van der Waals surface area (Å²) in [5, 5.41) is 0. The summed E-state index contributed by atoms with van der Waals surface area (Å²) in [6.45, 7) is 0. The lowest BCUT2D eigenvalue weighted by molar-refractivity contribution is 0.645. The molecule has 40 valence electrons. The Morgan fingerprint density at radius 3 is 2.71 bits per heavy atom. The van der Waals surface area contributed by atoms with Gasteiger partial charge < -0.3 is 5.73 Å². The Labute approximate surface area is 44.2 Å². The van der Waals surface area contributed by atoms with Crippen LogP contribution in [0, 0.1) is 0 Å². The van der Waals surface area contributed by atoms with Crippen LogP contribution in [-0.2, 0) is 0 Å². The molecule has 1 unspecified atom stereocenters. The van der Waals surface area contributed by atoms with Crippen molar-refractivity contribution < 1.29 is 0 Å². The SMILES string of the molecule is NC1C=CCCC1. The molecule has 0 fully saturated rings. The summed E-state index contributed by atoms with van der Waals surface area (Å²) in [5.41, 5.74) is 5.55. The molecular weight excluding hydrogens is 86.1 g/mol. The van der Waals surface area contributed by atoms with E-state index >= 15 is 0 Å². The van der Waals surface area contributed by atoms with Crippen LogP contribution in [0.2, 0.25) is 0 Å². The van der Waals surface area contributed by atoms with Gasteiger partial charge >= 0.3 is 0 Å². The van der Waals surface area contributed by atoms with Crippen LogP contribution in [0.5, 0.6) is 0 Å². The molecule has 0 radical (unpaired) electrons. The molecule has 7 heavy (non-hydrogen) atoms. The van der Waals surface area contributed by atoms with Crippen LogP contribution in [-0.4, -0.2) is 6.04 Å². The summed E-state index contributed by atoms with van der Waals surface area (Å²) in [5.74, 6) is 0. The molecule has 2 N–H and O–H groups in total. The Balaban J connectivity index is 2.36. The van der Waals surface area contributed by atoms with Crippen molar-refractivity contribution in [1.82, 2.24) is 0 Å². The molecule has 0 aromatic carbocycles. The van der Waals surface area contributed by atoms with Crippen molar-refractivity contribution in [1.29, 1.82) is 0 Å². The van der Waals surface area contributed by atoms with Gasteiger partial charge in [0.25, 0.3) is 0 Å². The van der Waals surface area contributed by atoms with Crippen molar-refractivity contribution in [2.45, 2.75) is 25.3 Å². The largest absolute Gasteiger partial charge is 0.324 e. The molecule has 0 bridgehead atoms. The Morgan fingerprint density at radius 2 is 2.43 bits per heavy atom. The van der Waals surface area contributed by atoms with Gasteiger partial charge in [-0.3, -0.25) is 0 Å². The first-order valence-electron chi connectivity index (χ1n) is 2.82. The third-order valence-electron chi connectivity index (χ3n) is 1.29. The van der Waals surface area contributed by atoms with Crippen molar-refractivity contribution in [3.05, 3.63) is 12.2 Å². The second-order valence-electron chi connectivity index (χ2n) is 2.02. The molecule has 1 aliphatic rings. The number of allylic oxidation sites excluding steroid dienone is 1. The van der Waals surface area contributed by atoms with Crippen LogP contribution >= 0.6 is 0 Å². The normalized spacial score (nSPS) is 30.7. The second kappa shape index (κ2) is 2.12. The van der Waals surface area contributed by atoms with Gasteiger partial charge in [0.1, 0.15) is 0 Å². The molecule has 0 saturated carbocycles. The van der Waals surface area contributed by atoms with Gasteiger partial charge in [0.2, 0.25) is 0 Å². The molecule has 1 rings (SSSR count). The molecule has 1 atom stereocenters. The van der Waals surface area contributed by atoms with Crippen LogP contribution in [0.25, 0.3) is 0 Å². The summed E-state index contributed by atoms with van der Waals surface area (Å²) in [6.07, 6.45) is 7.93. The minimum atomic E-state index is 0.355. The van der Waals surface area contributed by atoms with Crippen molar-refractivity contribution in [2.75, 3.05) is 0 Å². The van der Waals surface area contributed by atoms with Crippen LogP contribution in [0.15, 0.2) is 12.2 Å². The van der Waals surface area contributed by atoms with Gasteiger partial charge in [-0.05, 0) is 19.3 Å². The Kier molecular flexibility index (Phi) is 1.47. The maximum Gasteiger partial charge on any atom is 0.0223 e. The highest BCUT2D eigenvalue weighted by atomic mass is 14.6. The third kappa shape index (κ3) is 1.32. The van der Waals surface area contributed by atoms with E-state index in [1.165, 1.54) is 19.3 Å².